The van der Waals surface area contributed by atoms with Gasteiger partial charge in [-0.1, -0.05) is 49.2 Å². The molecule has 136 valence electrons. The van der Waals surface area contributed by atoms with Gasteiger partial charge in [0.1, 0.15) is 5.82 Å². The first kappa shape index (κ1) is 18.2. The van der Waals surface area contributed by atoms with Crippen LogP contribution in [0.3, 0.4) is 0 Å². The number of para-hydroxylation sites is 2. The van der Waals surface area contributed by atoms with Crippen LogP contribution in [0.1, 0.15) is 37.7 Å². The van der Waals surface area contributed by atoms with Gasteiger partial charge in [0, 0.05) is 17.5 Å². The second-order valence-electron chi connectivity index (χ2n) is 6.66. The van der Waals surface area contributed by atoms with Crippen LogP contribution in [0.15, 0.2) is 54.6 Å². The number of anilines is 1. The van der Waals surface area contributed by atoms with Crippen LogP contribution in [-0.2, 0) is 4.79 Å². The van der Waals surface area contributed by atoms with Gasteiger partial charge in [-0.05, 0) is 50.1 Å². The highest BCUT2D eigenvalue weighted by atomic mass is 16.1. The molecule has 1 aromatic heterocycles. The van der Waals surface area contributed by atoms with E-state index in [1.54, 1.807) is 0 Å². The summed E-state index contributed by atoms with van der Waals surface area (Å²) in [7, 11) is 0. The summed E-state index contributed by atoms with van der Waals surface area (Å²) >= 11 is 0. The highest BCUT2D eigenvalue weighted by Gasteiger charge is 2.17. The molecule has 0 spiro atoms. The SMILES string of the molecule is Cc1c(NC(=O)CCCCCCN)n(-c2ccccc2)c2ccccc12. The number of nitrogens with zero attached hydrogens (tertiary/aromatic N) is 1. The highest BCUT2D eigenvalue weighted by Crippen LogP contribution is 2.32. The second-order valence-corrected chi connectivity index (χ2v) is 6.66. The van der Waals surface area contributed by atoms with Crippen molar-refractivity contribution in [2.75, 3.05) is 11.9 Å². The third-order valence-electron chi connectivity index (χ3n) is 4.76. The molecule has 3 aromatic rings. The fourth-order valence-electron chi connectivity index (χ4n) is 3.37. The van der Waals surface area contributed by atoms with Gasteiger partial charge in [0.05, 0.1) is 5.52 Å². The van der Waals surface area contributed by atoms with Crippen molar-refractivity contribution in [3.8, 4) is 5.69 Å². The molecule has 0 aliphatic carbocycles. The van der Waals surface area contributed by atoms with Gasteiger partial charge >= 0.3 is 0 Å². The Balaban J connectivity index is 1.86. The second kappa shape index (κ2) is 8.68. The Labute approximate surface area is 155 Å². The Hall–Kier alpha value is -2.59. The Bertz CT molecular complexity index is 868. The third-order valence-corrected chi connectivity index (χ3v) is 4.76. The molecule has 0 radical (unpaired) electrons. The lowest BCUT2D eigenvalue weighted by Gasteiger charge is -2.13. The monoisotopic (exact) mass is 349 g/mol. The van der Waals surface area contributed by atoms with Crippen LogP contribution in [0.25, 0.3) is 16.6 Å². The highest BCUT2D eigenvalue weighted by molar-refractivity contribution is 5.98. The Morgan fingerprint density at radius 2 is 1.65 bits per heavy atom. The van der Waals surface area contributed by atoms with Crippen molar-refractivity contribution in [3.63, 3.8) is 0 Å². The number of hydrogen-bond acceptors (Lipinski definition) is 2. The summed E-state index contributed by atoms with van der Waals surface area (Å²) in [5.74, 6) is 0.935. The number of hydrogen-bond donors (Lipinski definition) is 2. The summed E-state index contributed by atoms with van der Waals surface area (Å²) < 4.78 is 2.14. The van der Waals surface area contributed by atoms with E-state index in [2.05, 4.69) is 41.1 Å². The van der Waals surface area contributed by atoms with Crippen molar-refractivity contribution in [2.45, 2.75) is 39.0 Å². The summed E-state index contributed by atoms with van der Waals surface area (Å²) in [4.78, 5) is 12.5. The molecule has 0 saturated heterocycles. The number of benzene rings is 2. The Morgan fingerprint density at radius 1 is 0.962 bits per heavy atom. The van der Waals surface area contributed by atoms with E-state index in [-0.39, 0.29) is 5.91 Å². The number of carbonyl (C=O) groups is 1. The molecule has 0 unspecified atom stereocenters. The van der Waals surface area contributed by atoms with Crippen molar-refractivity contribution in [1.29, 1.82) is 0 Å². The molecular formula is C22H27N3O. The molecule has 4 heteroatoms. The smallest absolute Gasteiger partial charge is 0.225 e. The van der Waals surface area contributed by atoms with E-state index in [0.29, 0.717) is 6.42 Å². The van der Waals surface area contributed by atoms with E-state index in [1.807, 2.05) is 30.3 Å². The number of unbranched alkanes of at least 4 members (excludes halogenated alkanes) is 3. The van der Waals surface area contributed by atoms with Crippen LogP contribution < -0.4 is 11.1 Å². The summed E-state index contributed by atoms with van der Waals surface area (Å²) in [6, 6.07) is 18.4. The lowest BCUT2D eigenvalue weighted by molar-refractivity contribution is -0.116. The molecule has 0 atom stereocenters. The van der Waals surface area contributed by atoms with Gasteiger partial charge in [0.2, 0.25) is 5.91 Å². The summed E-state index contributed by atoms with van der Waals surface area (Å²) in [5.41, 5.74) is 8.77. The van der Waals surface area contributed by atoms with E-state index < -0.39 is 0 Å². The minimum atomic E-state index is 0.0702. The van der Waals surface area contributed by atoms with Gasteiger partial charge in [-0.15, -0.1) is 0 Å². The fraction of sp³-hybridized carbons (Fsp3) is 0.318. The number of carbonyl (C=O) groups excluding carboxylic acids is 1. The molecule has 0 fully saturated rings. The van der Waals surface area contributed by atoms with E-state index in [0.717, 1.165) is 60.2 Å². The van der Waals surface area contributed by atoms with Crippen LogP contribution in [0.4, 0.5) is 5.82 Å². The van der Waals surface area contributed by atoms with Crippen molar-refractivity contribution in [2.24, 2.45) is 5.73 Å². The van der Waals surface area contributed by atoms with Crippen LogP contribution in [-0.4, -0.2) is 17.0 Å². The Morgan fingerprint density at radius 3 is 2.42 bits per heavy atom. The number of fused-ring (bicyclic) bond motifs is 1. The topological polar surface area (TPSA) is 60.1 Å². The minimum absolute atomic E-state index is 0.0702. The number of nitrogens with one attached hydrogen (secondary N) is 1. The average molecular weight is 349 g/mol. The number of amides is 1. The van der Waals surface area contributed by atoms with Crippen molar-refractivity contribution in [1.82, 2.24) is 4.57 Å². The van der Waals surface area contributed by atoms with Gasteiger partial charge < -0.3 is 11.1 Å². The third kappa shape index (κ3) is 3.97. The number of rotatable bonds is 8. The lowest BCUT2D eigenvalue weighted by atomic mass is 10.1. The van der Waals surface area contributed by atoms with Crippen LogP contribution in [0.2, 0.25) is 0 Å². The molecule has 1 heterocycles. The van der Waals surface area contributed by atoms with Crippen LogP contribution in [0.5, 0.6) is 0 Å². The summed E-state index contributed by atoms with van der Waals surface area (Å²) in [6.07, 6.45) is 4.61. The Kier molecular flexibility index (Phi) is 6.08. The van der Waals surface area contributed by atoms with Crippen LogP contribution in [0, 0.1) is 6.92 Å². The fourth-order valence-corrected chi connectivity index (χ4v) is 3.37. The van der Waals surface area contributed by atoms with Gasteiger partial charge in [-0.3, -0.25) is 9.36 Å². The first-order valence-corrected chi connectivity index (χ1v) is 9.37. The molecular weight excluding hydrogens is 322 g/mol. The average Bonchev–Trinajstić information content (AvgIpc) is 2.94. The van der Waals surface area contributed by atoms with E-state index >= 15 is 0 Å². The lowest BCUT2D eigenvalue weighted by Crippen LogP contribution is -2.15. The first-order valence-electron chi connectivity index (χ1n) is 9.37. The maximum atomic E-state index is 12.5. The molecule has 0 bridgehead atoms. The summed E-state index contributed by atoms with van der Waals surface area (Å²) in [6.45, 7) is 2.79. The first-order chi connectivity index (χ1) is 12.7. The maximum absolute atomic E-state index is 12.5. The molecule has 0 aliphatic rings. The normalized spacial score (nSPS) is 11.0. The largest absolute Gasteiger partial charge is 0.330 e. The number of nitrogens with two attached hydrogens (primary N) is 1. The van der Waals surface area contributed by atoms with Crippen LogP contribution >= 0.6 is 0 Å². The predicted molar refractivity (Wildman–Crippen MR) is 109 cm³/mol. The van der Waals surface area contributed by atoms with Gasteiger partial charge in [-0.2, -0.15) is 0 Å². The van der Waals surface area contributed by atoms with Crippen molar-refractivity contribution in [3.05, 3.63) is 60.2 Å². The zero-order chi connectivity index (χ0) is 18.4. The maximum Gasteiger partial charge on any atom is 0.225 e. The molecule has 3 rings (SSSR count). The summed E-state index contributed by atoms with van der Waals surface area (Å²) in [5, 5.41) is 4.32. The van der Waals surface area contributed by atoms with E-state index in [9.17, 15) is 4.79 Å². The number of aromatic nitrogens is 1. The standard InChI is InChI=1S/C22H27N3O/c1-17-19-13-8-9-14-20(19)25(18-11-5-4-6-12-18)22(17)24-21(26)15-7-2-3-10-16-23/h4-6,8-9,11-14H,2-3,7,10,15-16,23H2,1H3,(H,24,26). The molecule has 0 saturated carbocycles. The predicted octanol–water partition coefficient (Wildman–Crippen LogP) is 4.79. The van der Waals surface area contributed by atoms with Gasteiger partial charge in [0.15, 0.2) is 0 Å². The van der Waals surface area contributed by atoms with E-state index in [1.165, 1.54) is 0 Å². The molecule has 1 amide bonds. The van der Waals surface area contributed by atoms with Crippen molar-refractivity contribution >= 4 is 22.6 Å². The van der Waals surface area contributed by atoms with E-state index in [4.69, 9.17) is 5.73 Å². The molecule has 4 nitrogen and oxygen atoms in total. The molecule has 0 aliphatic heterocycles. The van der Waals surface area contributed by atoms with Gasteiger partial charge in [-0.25, -0.2) is 0 Å². The quantitative estimate of drug-likeness (QED) is 0.575. The zero-order valence-electron chi connectivity index (χ0n) is 15.4. The van der Waals surface area contributed by atoms with Crippen molar-refractivity contribution < 1.29 is 4.79 Å². The molecule has 3 N–H and O–H groups in total. The number of aryl methyl sites for hydroxylation is 1. The zero-order valence-corrected chi connectivity index (χ0v) is 15.4. The van der Waals surface area contributed by atoms with Gasteiger partial charge in [0.25, 0.3) is 0 Å². The molecule has 26 heavy (non-hydrogen) atoms. The molecule has 2 aromatic carbocycles. The minimum Gasteiger partial charge on any atom is -0.330 e.